The zero-order chi connectivity index (χ0) is 14.1. The summed E-state index contributed by atoms with van der Waals surface area (Å²) in [6.45, 7) is 12.4. The molecule has 19 heavy (non-hydrogen) atoms. The van der Waals surface area contributed by atoms with Gasteiger partial charge in [0, 0.05) is 19.1 Å². The lowest BCUT2D eigenvalue weighted by molar-refractivity contribution is -0.121. The number of amides is 1. The number of nitrogens with zero attached hydrogens (tertiary/aromatic N) is 1. The smallest absolute Gasteiger partial charge is 0.234 e. The van der Waals surface area contributed by atoms with Crippen LogP contribution in [0, 0.1) is 5.92 Å². The maximum absolute atomic E-state index is 11.6. The SMILES string of the molecule is CC(C)C(C)NC(=O)CNCCCN1CCOCC1. The van der Waals surface area contributed by atoms with Gasteiger partial charge in [-0.25, -0.2) is 0 Å². The molecule has 0 saturated carbocycles. The molecular formula is C14H29N3O2. The first-order chi connectivity index (χ1) is 9.09. The van der Waals surface area contributed by atoms with E-state index in [-0.39, 0.29) is 11.9 Å². The third kappa shape index (κ3) is 7.50. The van der Waals surface area contributed by atoms with Gasteiger partial charge in [0.05, 0.1) is 19.8 Å². The number of ether oxygens (including phenoxy) is 1. The van der Waals surface area contributed by atoms with Crippen LogP contribution in [-0.2, 0) is 9.53 Å². The fourth-order valence-corrected chi connectivity index (χ4v) is 1.93. The molecule has 5 nitrogen and oxygen atoms in total. The molecule has 1 rings (SSSR count). The summed E-state index contributed by atoms with van der Waals surface area (Å²) in [5, 5.41) is 6.19. The Balaban J connectivity index is 1.96. The number of rotatable bonds is 8. The second kappa shape index (κ2) is 9.28. The van der Waals surface area contributed by atoms with Crippen molar-refractivity contribution in [1.82, 2.24) is 15.5 Å². The van der Waals surface area contributed by atoms with Crippen molar-refractivity contribution in [2.75, 3.05) is 45.9 Å². The molecule has 1 aliphatic heterocycles. The van der Waals surface area contributed by atoms with Gasteiger partial charge >= 0.3 is 0 Å². The summed E-state index contributed by atoms with van der Waals surface area (Å²) in [6, 6.07) is 0.239. The molecule has 5 heteroatoms. The molecule has 0 aromatic heterocycles. The van der Waals surface area contributed by atoms with Gasteiger partial charge in [-0.1, -0.05) is 13.8 Å². The summed E-state index contributed by atoms with van der Waals surface area (Å²) >= 11 is 0. The van der Waals surface area contributed by atoms with Crippen LogP contribution in [0.4, 0.5) is 0 Å². The summed E-state index contributed by atoms with van der Waals surface area (Å²) in [7, 11) is 0. The van der Waals surface area contributed by atoms with E-state index in [9.17, 15) is 4.79 Å². The number of carbonyl (C=O) groups is 1. The van der Waals surface area contributed by atoms with E-state index >= 15 is 0 Å². The maximum Gasteiger partial charge on any atom is 0.234 e. The van der Waals surface area contributed by atoms with Crippen LogP contribution in [0.15, 0.2) is 0 Å². The van der Waals surface area contributed by atoms with Gasteiger partial charge < -0.3 is 15.4 Å². The normalized spacial score (nSPS) is 18.5. The summed E-state index contributed by atoms with van der Waals surface area (Å²) in [5.74, 6) is 0.567. The van der Waals surface area contributed by atoms with Crippen molar-refractivity contribution in [2.24, 2.45) is 5.92 Å². The molecule has 0 bridgehead atoms. The predicted molar refractivity (Wildman–Crippen MR) is 77.2 cm³/mol. The molecule has 1 heterocycles. The van der Waals surface area contributed by atoms with E-state index in [0.717, 1.165) is 45.8 Å². The minimum atomic E-state index is 0.0903. The van der Waals surface area contributed by atoms with E-state index in [1.165, 1.54) is 0 Å². The highest BCUT2D eigenvalue weighted by molar-refractivity contribution is 5.78. The minimum absolute atomic E-state index is 0.0903. The molecule has 1 unspecified atom stereocenters. The Morgan fingerprint density at radius 2 is 1.95 bits per heavy atom. The largest absolute Gasteiger partial charge is 0.379 e. The lowest BCUT2D eigenvalue weighted by Crippen LogP contribution is -2.42. The van der Waals surface area contributed by atoms with Crippen LogP contribution in [0.5, 0.6) is 0 Å². The van der Waals surface area contributed by atoms with Gasteiger partial charge in [-0.15, -0.1) is 0 Å². The molecule has 1 atom stereocenters. The van der Waals surface area contributed by atoms with Gasteiger partial charge in [-0.3, -0.25) is 9.69 Å². The first kappa shape index (κ1) is 16.4. The number of carbonyl (C=O) groups excluding carboxylic acids is 1. The van der Waals surface area contributed by atoms with Crippen molar-refractivity contribution >= 4 is 5.91 Å². The van der Waals surface area contributed by atoms with Crippen LogP contribution < -0.4 is 10.6 Å². The van der Waals surface area contributed by atoms with Gasteiger partial charge in [-0.05, 0) is 32.4 Å². The van der Waals surface area contributed by atoms with Gasteiger partial charge in [0.1, 0.15) is 0 Å². The number of hydrogen-bond donors (Lipinski definition) is 2. The van der Waals surface area contributed by atoms with Crippen molar-refractivity contribution in [3.63, 3.8) is 0 Å². The van der Waals surface area contributed by atoms with Crippen LogP contribution in [0.25, 0.3) is 0 Å². The Bertz CT molecular complexity index is 253. The monoisotopic (exact) mass is 271 g/mol. The van der Waals surface area contributed by atoms with Crippen LogP contribution in [0.2, 0.25) is 0 Å². The van der Waals surface area contributed by atoms with Gasteiger partial charge in [-0.2, -0.15) is 0 Å². The third-order valence-corrected chi connectivity index (χ3v) is 3.61. The number of nitrogens with one attached hydrogen (secondary N) is 2. The number of morpholine rings is 1. The third-order valence-electron chi connectivity index (χ3n) is 3.61. The van der Waals surface area contributed by atoms with Crippen molar-refractivity contribution in [3.05, 3.63) is 0 Å². The van der Waals surface area contributed by atoms with Crippen LogP contribution in [0.1, 0.15) is 27.2 Å². The minimum Gasteiger partial charge on any atom is -0.379 e. The van der Waals surface area contributed by atoms with Crippen molar-refractivity contribution in [3.8, 4) is 0 Å². The van der Waals surface area contributed by atoms with Crippen LogP contribution >= 0.6 is 0 Å². The first-order valence-corrected chi connectivity index (χ1v) is 7.39. The van der Waals surface area contributed by atoms with Gasteiger partial charge in [0.15, 0.2) is 0 Å². The highest BCUT2D eigenvalue weighted by Crippen LogP contribution is 1.99. The molecule has 1 fully saturated rings. The standard InChI is InChI=1S/C14H29N3O2/c1-12(2)13(3)16-14(18)11-15-5-4-6-17-7-9-19-10-8-17/h12-13,15H,4-11H2,1-3H3,(H,16,18). The molecule has 0 spiro atoms. The lowest BCUT2D eigenvalue weighted by Gasteiger charge is -2.26. The fourth-order valence-electron chi connectivity index (χ4n) is 1.93. The van der Waals surface area contributed by atoms with Crippen LogP contribution in [-0.4, -0.2) is 62.8 Å². The van der Waals surface area contributed by atoms with E-state index < -0.39 is 0 Å². The molecule has 1 aliphatic rings. The first-order valence-electron chi connectivity index (χ1n) is 7.39. The second-order valence-electron chi connectivity index (χ2n) is 5.58. The van der Waals surface area contributed by atoms with Crippen LogP contribution in [0.3, 0.4) is 0 Å². The summed E-state index contributed by atoms with van der Waals surface area (Å²) < 4.78 is 5.30. The van der Waals surface area contributed by atoms with E-state index in [4.69, 9.17) is 4.74 Å². The van der Waals surface area contributed by atoms with Crippen molar-refractivity contribution < 1.29 is 9.53 Å². The molecule has 0 aromatic rings. The van der Waals surface area contributed by atoms with E-state index in [1.54, 1.807) is 0 Å². The predicted octanol–water partition coefficient (Wildman–Crippen LogP) is 0.459. The quantitative estimate of drug-likeness (QED) is 0.630. The molecule has 0 aliphatic carbocycles. The van der Waals surface area contributed by atoms with E-state index in [2.05, 4.69) is 29.4 Å². The summed E-state index contributed by atoms with van der Waals surface area (Å²) in [6.07, 6.45) is 1.08. The number of hydrogen-bond acceptors (Lipinski definition) is 4. The molecule has 1 amide bonds. The summed E-state index contributed by atoms with van der Waals surface area (Å²) in [5.41, 5.74) is 0. The fraction of sp³-hybridized carbons (Fsp3) is 0.929. The Labute approximate surface area is 117 Å². The highest BCUT2D eigenvalue weighted by Gasteiger charge is 2.11. The molecule has 0 radical (unpaired) electrons. The highest BCUT2D eigenvalue weighted by atomic mass is 16.5. The topological polar surface area (TPSA) is 53.6 Å². The zero-order valence-corrected chi connectivity index (χ0v) is 12.6. The van der Waals surface area contributed by atoms with E-state index in [0.29, 0.717) is 12.5 Å². The van der Waals surface area contributed by atoms with Gasteiger partial charge in [0.25, 0.3) is 0 Å². The Morgan fingerprint density at radius 1 is 1.26 bits per heavy atom. The maximum atomic E-state index is 11.6. The van der Waals surface area contributed by atoms with Crippen molar-refractivity contribution in [1.29, 1.82) is 0 Å². The summed E-state index contributed by atoms with van der Waals surface area (Å²) in [4.78, 5) is 14.0. The molecule has 2 N–H and O–H groups in total. The Morgan fingerprint density at radius 3 is 2.58 bits per heavy atom. The molecule has 0 aromatic carbocycles. The Kier molecular flexibility index (Phi) is 8.02. The second-order valence-corrected chi connectivity index (χ2v) is 5.58. The van der Waals surface area contributed by atoms with E-state index in [1.807, 2.05) is 6.92 Å². The average Bonchev–Trinajstić information content (AvgIpc) is 2.39. The molecule has 1 saturated heterocycles. The molecule has 112 valence electrons. The van der Waals surface area contributed by atoms with Crippen molar-refractivity contribution in [2.45, 2.75) is 33.2 Å². The average molecular weight is 271 g/mol. The molecular weight excluding hydrogens is 242 g/mol. The lowest BCUT2D eigenvalue weighted by atomic mass is 10.1. The Hall–Kier alpha value is -0.650. The zero-order valence-electron chi connectivity index (χ0n) is 12.6. The van der Waals surface area contributed by atoms with Gasteiger partial charge in [0.2, 0.25) is 5.91 Å².